The van der Waals surface area contributed by atoms with Gasteiger partial charge in [0, 0.05) is 24.2 Å². The molecule has 0 aliphatic carbocycles. The van der Waals surface area contributed by atoms with Crippen LogP contribution in [-0.4, -0.2) is 19.1 Å². The number of hydrogen-bond acceptors (Lipinski definition) is 2. The van der Waals surface area contributed by atoms with E-state index >= 15 is 0 Å². The minimum absolute atomic E-state index is 0.125. The lowest BCUT2D eigenvalue weighted by atomic mass is 9.93. The lowest BCUT2D eigenvalue weighted by Gasteiger charge is -2.16. The Labute approximate surface area is 88.9 Å². The Kier molecular flexibility index (Phi) is 2.13. The van der Waals surface area contributed by atoms with E-state index in [1.807, 2.05) is 6.07 Å². The van der Waals surface area contributed by atoms with Crippen molar-refractivity contribution in [2.24, 2.45) is 0 Å². The van der Waals surface area contributed by atoms with Crippen LogP contribution in [0.1, 0.15) is 24.3 Å². The molecule has 1 saturated heterocycles. The van der Waals surface area contributed by atoms with Gasteiger partial charge in [0.1, 0.15) is 5.82 Å². The van der Waals surface area contributed by atoms with Gasteiger partial charge in [-0.25, -0.2) is 4.39 Å². The maximum atomic E-state index is 13.2. The summed E-state index contributed by atoms with van der Waals surface area (Å²) < 4.78 is 13.2. The molecule has 1 aromatic carbocycles. The lowest BCUT2D eigenvalue weighted by molar-refractivity contribution is 0.574. The van der Waals surface area contributed by atoms with Crippen LogP contribution in [0.25, 0.3) is 0 Å². The van der Waals surface area contributed by atoms with Crippen LogP contribution in [0, 0.1) is 5.82 Å². The molecule has 3 rings (SSSR count). The molecule has 0 saturated carbocycles. The van der Waals surface area contributed by atoms with E-state index in [2.05, 4.69) is 10.6 Å². The predicted molar refractivity (Wildman–Crippen MR) is 58.7 cm³/mol. The van der Waals surface area contributed by atoms with Crippen LogP contribution in [0.2, 0.25) is 0 Å². The molecule has 0 radical (unpaired) electrons. The molecule has 3 heteroatoms. The van der Waals surface area contributed by atoms with Gasteiger partial charge < -0.3 is 10.6 Å². The molecular weight excluding hydrogens is 191 g/mol. The Bertz CT molecular complexity index is 378. The Morgan fingerprint density at radius 1 is 1.33 bits per heavy atom. The van der Waals surface area contributed by atoms with Crippen molar-refractivity contribution >= 4 is 5.69 Å². The summed E-state index contributed by atoms with van der Waals surface area (Å²) in [5.74, 6) is 0.318. The quantitative estimate of drug-likeness (QED) is 0.679. The van der Waals surface area contributed by atoms with Crippen LogP contribution < -0.4 is 10.6 Å². The average Bonchev–Trinajstić information content (AvgIpc) is 2.44. The molecule has 2 heterocycles. The Morgan fingerprint density at radius 3 is 3.20 bits per heavy atom. The molecule has 2 nitrogen and oxygen atoms in total. The highest BCUT2D eigenvalue weighted by Gasteiger charge is 2.32. The van der Waals surface area contributed by atoms with Crippen LogP contribution in [0.4, 0.5) is 10.1 Å². The second-order valence-corrected chi connectivity index (χ2v) is 4.44. The van der Waals surface area contributed by atoms with Crippen molar-refractivity contribution in [3.05, 3.63) is 29.6 Å². The van der Waals surface area contributed by atoms with Gasteiger partial charge in [0.05, 0.1) is 0 Å². The van der Waals surface area contributed by atoms with Crippen molar-refractivity contribution in [3.8, 4) is 0 Å². The van der Waals surface area contributed by atoms with Gasteiger partial charge in [-0.2, -0.15) is 0 Å². The van der Waals surface area contributed by atoms with Crippen LogP contribution in [0.15, 0.2) is 18.2 Å². The first-order valence-corrected chi connectivity index (χ1v) is 5.61. The topological polar surface area (TPSA) is 24.1 Å². The number of rotatable bonds is 0. The average molecular weight is 206 g/mol. The highest BCUT2D eigenvalue weighted by molar-refractivity contribution is 5.59. The first kappa shape index (κ1) is 9.16. The third kappa shape index (κ3) is 1.51. The monoisotopic (exact) mass is 206 g/mol. The fourth-order valence-corrected chi connectivity index (χ4v) is 2.72. The molecule has 2 aliphatic rings. The lowest BCUT2D eigenvalue weighted by Crippen LogP contribution is -2.25. The largest absolute Gasteiger partial charge is 0.381 e. The van der Waals surface area contributed by atoms with Crippen LogP contribution in [0.3, 0.4) is 0 Å². The number of fused-ring (bicyclic) bond motifs is 3. The molecule has 0 unspecified atom stereocenters. The molecule has 0 bridgehead atoms. The second-order valence-electron chi connectivity index (χ2n) is 4.44. The Hall–Kier alpha value is -1.09. The summed E-state index contributed by atoms with van der Waals surface area (Å²) in [6, 6.07) is 5.57. The zero-order valence-electron chi connectivity index (χ0n) is 8.59. The van der Waals surface area contributed by atoms with Gasteiger partial charge in [0.2, 0.25) is 0 Å². The minimum atomic E-state index is -0.125. The molecule has 1 fully saturated rings. The fraction of sp³-hybridized carbons (Fsp3) is 0.500. The van der Waals surface area contributed by atoms with Crippen molar-refractivity contribution in [1.29, 1.82) is 0 Å². The highest BCUT2D eigenvalue weighted by atomic mass is 19.1. The number of hydrogen-bond donors (Lipinski definition) is 2. The van der Waals surface area contributed by atoms with E-state index in [-0.39, 0.29) is 5.82 Å². The number of anilines is 1. The van der Waals surface area contributed by atoms with Gasteiger partial charge in [-0.1, -0.05) is 0 Å². The Balaban J connectivity index is 1.98. The standard InChI is InChI=1S/C12H15FN2/c13-8-3-4-12-9(6-8)10-7-14-5-1-2-11(10)15-12/h3-4,6,10-11,14-15H,1-2,5,7H2/t10-,11-/m0/s1. The van der Waals surface area contributed by atoms with E-state index in [1.54, 1.807) is 6.07 Å². The third-order valence-electron chi connectivity index (χ3n) is 3.47. The van der Waals surface area contributed by atoms with Crippen molar-refractivity contribution in [3.63, 3.8) is 0 Å². The molecule has 2 N–H and O–H groups in total. The zero-order chi connectivity index (χ0) is 10.3. The maximum absolute atomic E-state index is 13.2. The second kappa shape index (κ2) is 3.49. The van der Waals surface area contributed by atoms with Gasteiger partial charge in [-0.3, -0.25) is 0 Å². The summed E-state index contributed by atoms with van der Waals surface area (Å²) in [6.07, 6.45) is 2.37. The van der Waals surface area contributed by atoms with E-state index in [1.165, 1.54) is 18.9 Å². The van der Waals surface area contributed by atoms with Crippen LogP contribution >= 0.6 is 0 Å². The van der Waals surface area contributed by atoms with E-state index in [4.69, 9.17) is 0 Å². The molecule has 15 heavy (non-hydrogen) atoms. The molecule has 0 aromatic heterocycles. The molecule has 2 atom stereocenters. The van der Waals surface area contributed by atoms with E-state index in [0.717, 1.165) is 24.3 Å². The SMILES string of the molecule is Fc1ccc2c(c1)[C@@H]1CNCCC[C@@H]1N2. The summed E-state index contributed by atoms with van der Waals surface area (Å²) in [5, 5.41) is 6.91. The van der Waals surface area contributed by atoms with Crippen LogP contribution in [0.5, 0.6) is 0 Å². The maximum Gasteiger partial charge on any atom is 0.123 e. The predicted octanol–water partition coefficient (Wildman–Crippen LogP) is 2.09. The summed E-state index contributed by atoms with van der Waals surface area (Å²) in [7, 11) is 0. The van der Waals surface area contributed by atoms with Crippen molar-refractivity contribution in [2.45, 2.75) is 24.8 Å². The van der Waals surface area contributed by atoms with Gasteiger partial charge in [0.15, 0.2) is 0 Å². The summed E-state index contributed by atoms with van der Waals surface area (Å²) >= 11 is 0. The van der Waals surface area contributed by atoms with Crippen molar-refractivity contribution in [1.82, 2.24) is 5.32 Å². The van der Waals surface area contributed by atoms with Gasteiger partial charge >= 0.3 is 0 Å². The molecule has 0 amide bonds. The minimum Gasteiger partial charge on any atom is -0.381 e. The molecule has 0 spiro atoms. The number of halogens is 1. The Morgan fingerprint density at radius 2 is 2.27 bits per heavy atom. The van der Waals surface area contributed by atoms with E-state index < -0.39 is 0 Å². The zero-order valence-corrected chi connectivity index (χ0v) is 8.59. The van der Waals surface area contributed by atoms with Gasteiger partial charge in [-0.05, 0) is 43.1 Å². The number of nitrogens with one attached hydrogen (secondary N) is 2. The molecular formula is C12H15FN2. The summed E-state index contributed by atoms with van der Waals surface area (Å²) in [5.41, 5.74) is 2.27. The molecule has 80 valence electrons. The highest BCUT2D eigenvalue weighted by Crippen LogP contribution is 2.38. The molecule has 2 aliphatic heterocycles. The van der Waals surface area contributed by atoms with Crippen LogP contribution in [-0.2, 0) is 0 Å². The smallest absolute Gasteiger partial charge is 0.123 e. The van der Waals surface area contributed by atoms with Gasteiger partial charge in [0.25, 0.3) is 0 Å². The van der Waals surface area contributed by atoms with E-state index in [9.17, 15) is 4.39 Å². The first-order chi connectivity index (χ1) is 7.34. The van der Waals surface area contributed by atoms with E-state index in [0.29, 0.717) is 12.0 Å². The first-order valence-electron chi connectivity index (χ1n) is 5.61. The number of benzene rings is 1. The molecule has 1 aromatic rings. The van der Waals surface area contributed by atoms with Crippen molar-refractivity contribution in [2.75, 3.05) is 18.4 Å². The third-order valence-corrected chi connectivity index (χ3v) is 3.47. The normalized spacial score (nSPS) is 28.9. The van der Waals surface area contributed by atoms with Gasteiger partial charge in [-0.15, -0.1) is 0 Å². The fourth-order valence-electron chi connectivity index (χ4n) is 2.72. The van der Waals surface area contributed by atoms with Crippen molar-refractivity contribution < 1.29 is 4.39 Å². The summed E-state index contributed by atoms with van der Waals surface area (Å²) in [4.78, 5) is 0. The summed E-state index contributed by atoms with van der Waals surface area (Å²) in [6.45, 7) is 2.05.